The molecule has 1 atom stereocenters. The number of halogens is 2. The van der Waals surface area contributed by atoms with Gasteiger partial charge in [0.25, 0.3) is 0 Å². The summed E-state index contributed by atoms with van der Waals surface area (Å²) in [6.45, 7) is 0. The first-order valence-corrected chi connectivity index (χ1v) is 6.83. The SMILES string of the molecule is CNc1nc2c(s1)C(c1cc(F)ccc1F)CC(=O)N2. The average molecular weight is 295 g/mol. The van der Waals surface area contributed by atoms with Crippen LogP contribution in [0.5, 0.6) is 0 Å². The van der Waals surface area contributed by atoms with Gasteiger partial charge in [0.2, 0.25) is 5.91 Å². The van der Waals surface area contributed by atoms with Crippen LogP contribution in [-0.2, 0) is 4.79 Å². The van der Waals surface area contributed by atoms with Gasteiger partial charge in [0.15, 0.2) is 5.13 Å². The molecule has 1 aromatic carbocycles. The number of thiazole rings is 1. The van der Waals surface area contributed by atoms with Crippen molar-refractivity contribution in [3.8, 4) is 0 Å². The van der Waals surface area contributed by atoms with Crippen molar-refractivity contribution in [2.24, 2.45) is 0 Å². The van der Waals surface area contributed by atoms with Crippen molar-refractivity contribution < 1.29 is 13.6 Å². The fourth-order valence-corrected chi connectivity index (χ4v) is 3.25. The molecule has 2 aromatic rings. The first-order chi connectivity index (χ1) is 9.58. The molecule has 0 bridgehead atoms. The van der Waals surface area contributed by atoms with Gasteiger partial charge in [0, 0.05) is 19.4 Å². The molecule has 0 radical (unpaired) electrons. The van der Waals surface area contributed by atoms with Crippen LogP contribution in [-0.4, -0.2) is 17.9 Å². The number of nitrogens with zero attached hydrogens (tertiary/aromatic N) is 1. The quantitative estimate of drug-likeness (QED) is 0.895. The Morgan fingerprint density at radius 1 is 1.45 bits per heavy atom. The Hall–Kier alpha value is -2.02. The number of amides is 1. The molecule has 0 saturated carbocycles. The van der Waals surface area contributed by atoms with E-state index in [0.717, 1.165) is 23.1 Å². The Bertz CT molecular complexity index is 686. The minimum absolute atomic E-state index is 0.0821. The van der Waals surface area contributed by atoms with E-state index >= 15 is 0 Å². The Labute approximate surface area is 117 Å². The lowest BCUT2D eigenvalue weighted by Crippen LogP contribution is -2.23. The van der Waals surface area contributed by atoms with Crippen LogP contribution in [0.3, 0.4) is 0 Å². The molecular weight excluding hydrogens is 284 g/mol. The monoisotopic (exact) mass is 295 g/mol. The van der Waals surface area contributed by atoms with Crippen LogP contribution in [0.15, 0.2) is 18.2 Å². The van der Waals surface area contributed by atoms with Crippen LogP contribution < -0.4 is 10.6 Å². The molecule has 7 heteroatoms. The van der Waals surface area contributed by atoms with E-state index in [2.05, 4.69) is 15.6 Å². The van der Waals surface area contributed by atoms with Crippen LogP contribution in [0.4, 0.5) is 19.7 Å². The Morgan fingerprint density at radius 2 is 2.25 bits per heavy atom. The summed E-state index contributed by atoms with van der Waals surface area (Å²) in [6, 6.07) is 3.28. The normalized spacial score (nSPS) is 17.6. The molecule has 2 heterocycles. The maximum atomic E-state index is 13.9. The van der Waals surface area contributed by atoms with Gasteiger partial charge in [-0.1, -0.05) is 11.3 Å². The average Bonchev–Trinajstić information content (AvgIpc) is 2.83. The summed E-state index contributed by atoms with van der Waals surface area (Å²) in [5, 5.41) is 6.16. The first kappa shape index (κ1) is 13.0. The van der Waals surface area contributed by atoms with Gasteiger partial charge in [-0.25, -0.2) is 13.8 Å². The topological polar surface area (TPSA) is 54.0 Å². The van der Waals surface area contributed by atoms with Gasteiger partial charge in [0.05, 0.1) is 4.88 Å². The van der Waals surface area contributed by atoms with Crippen molar-refractivity contribution in [1.82, 2.24) is 4.98 Å². The molecule has 0 aliphatic carbocycles. The van der Waals surface area contributed by atoms with Crippen LogP contribution in [0, 0.1) is 11.6 Å². The highest BCUT2D eigenvalue weighted by molar-refractivity contribution is 7.16. The molecule has 0 fully saturated rings. The van der Waals surface area contributed by atoms with Crippen molar-refractivity contribution >= 4 is 28.2 Å². The zero-order valence-corrected chi connectivity index (χ0v) is 11.4. The van der Waals surface area contributed by atoms with Gasteiger partial charge in [0.1, 0.15) is 17.5 Å². The van der Waals surface area contributed by atoms with Crippen LogP contribution >= 0.6 is 11.3 Å². The molecule has 4 nitrogen and oxygen atoms in total. The summed E-state index contributed by atoms with van der Waals surface area (Å²) >= 11 is 1.33. The van der Waals surface area contributed by atoms with E-state index in [1.807, 2.05) is 0 Å². The molecule has 1 aliphatic rings. The molecule has 3 rings (SSSR count). The number of hydrogen-bond acceptors (Lipinski definition) is 4. The number of anilines is 2. The highest BCUT2D eigenvalue weighted by atomic mass is 32.1. The Morgan fingerprint density at radius 3 is 3.00 bits per heavy atom. The molecular formula is C13H11F2N3OS. The second-order valence-electron chi connectivity index (χ2n) is 4.45. The molecule has 1 unspecified atom stereocenters. The molecule has 1 aromatic heterocycles. The minimum atomic E-state index is -0.521. The second-order valence-corrected chi connectivity index (χ2v) is 5.48. The number of carbonyl (C=O) groups excluding carboxylic acids is 1. The van der Waals surface area contributed by atoms with Gasteiger partial charge in [-0.3, -0.25) is 4.79 Å². The zero-order valence-electron chi connectivity index (χ0n) is 10.5. The first-order valence-electron chi connectivity index (χ1n) is 6.01. The predicted octanol–water partition coefficient (Wildman–Crippen LogP) is 2.94. The Balaban J connectivity index is 2.12. The minimum Gasteiger partial charge on any atom is -0.365 e. The van der Waals surface area contributed by atoms with E-state index in [1.165, 1.54) is 11.3 Å². The third-order valence-electron chi connectivity index (χ3n) is 3.16. The number of carbonyl (C=O) groups is 1. The maximum absolute atomic E-state index is 13.9. The standard InChI is InChI=1S/C13H11F2N3OS/c1-16-13-18-12-11(20-13)8(5-10(19)17-12)7-4-6(14)2-3-9(7)15/h2-4,8H,5H2,1H3,(H,16,18)(H,17,19). The van der Waals surface area contributed by atoms with Crippen LogP contribution in [0.1, 0.15) is 22.8 Å². The third kappa shape index (κ3) is 2.14. The molecule has 2 N–H and O–H groups in total. The van der Waals surface area contributed by atoms with Gasteiger partial charge < -0.3 is 10.6 Å². The summed E-state index contributed by atoms with van der Waals surface area (Å²) < 4.78 is 27.3. The zero-order chi connectivity index (χ0) is 14.3. The number of rotatable bonds is 2. The molecule has 0 saturated heterocycles. The lowest BCUT2D eigenvalue weighted by molar-refractivity contribution is -0.116. The third-order valence-corrected chi connectivity index (χ3v) is 4.35. The fraction of sp³-hybridized carbons (Fsp3) is 0.231. The van der Waals surface area contributed by atoms with Gasteiger partial charge in [-0.15, -0.1) is 0 Å². The number of nitrogens with one attached hydrogen (secondary N) is 2. The maximum Gasteiger partial charge on any atom is 0.226 e. The van der Waals surface area contributed by atoms with Crippen molar-refractivity contribution in [3.63, 3.8) is 0 Å². The summed E-state index contributed by atoms with van der Waals surface area (Å²) in [4.78, 5) is 16.7. The van der Waals surface area contributed by atoms with Gasteiger partial charge in [-0.2, -0.15) is 0 Å². The molecule has 0 spiro atoms. The smallest absolute Gasteiger partial charge is 0.226 e. The summed E-state index contributed by atoms with van der Waals surface area (Å²) in [7, 11) is 1.71. The fourth-order valence-electron chi connectivity index (χ4n) is 2.26. The van der Waals surface area contributed by atoms with Crippen molar-refractivity contribution in [1.29, 1.82) is 0 Å². The summed E-state index contributed by atoms with van der Waals surface area (Å²) in [6.07, 6.45) is 0.0821. The Kier molecular flexibility index (Phi) is 3.13. The summed E-state index contributed by atoms with van der Waals surface area (Å²) in [5.41, 5.74) is 0.187. The van der Waals surface area contributed by atoms with Gasteiger partial charge >= 0.3 is 0 Å². The van der Waals surface area contributed by atoms with Crippen molar-refractivity contribution in [3.05, 3.63) is 40.3 Å². The number of hydrogen-bond donors (Lipinski definition) is 2. The molecule has 104 valence electrons. The van der Waals surface area contributed by atoms with E-state index < -0.39 is 17.6 Å². The van der Waals surface area contributed by atoms with Gasteiger partial charge in [-0.05, 0) is 23.8 Å². The largest absolute Gasteiger partial charge is 0.365 e. The van der Waals surface area contributed by atoms with E-state index in [-0.39, 0.29) is 17.9 Å². The van der Waals surface area contributed by atoms with E-state index in [4.69, 9.17) is 0 Å². The van der Waals surface area contributed by atoms with E-state index in [1.54, 1.807) is 7.05 Å². The van der Waals surface area contributed by atoms with Crippen molar-refractivity contribution in [2.75, 3.05) is 17.7 Å². The molecule has 1 amide bonds. The highest BCUT2D eigenvalue weighted by Crippen LogP contribution is 2.42. The number of benzene rings is 1. The number of aromatic nitrogens is 1. The van der Waals surface area contributed by atoms with E-state index in [0.29, 0.717) is 10.9 Å². The lowest BCUT2D eigenvalue weighted by Gasteiger charge is -2.21. The summed E-state index contributed by atoms with van der Waals surface area (Å²) in [5.74, 6) is -1.37. The second kappa shape index (κ2) is 4.82. The molecule has 20 heavy (non-hydrogen) atoms. The lowest BCUT2D eigenvalue weighted by atomic mass is 9.91. The van der Waals surface area contributed by atoms with Crippen LogP contribution in [0.2, 0.25) is 0 Å². The van der Waals surface area contributed by atoms with E-state index in [9.17, 15) is 13.6 Å². The van der Waals surface area contributed by atoms with Crippen molar-refractivity contribution in [2.45, 2.75) is 12.3 Å². The van der Waals surface area contributed by atoms with Crippen LogP contribution in [0.25, 0.3) is 0 Å². The predicted molar refractivity (Wildman–Crippen MR) is 73.1 cm³/mol. The highest BCUT2D eigenvalue weighted by Gasteiger charge is 2.32. The number of fused-ring (bicyclic) bond motifs is 1. The molecule has 1 aliphatic heterocycles.